The molecule has 1 aromatic rings. The highest BCUT2D eigenvalue weighted by Gasteiger charge is 2.14. The van der Waals surface area contributed by atoms with Gasteiger partial charge in [0, 0.05) is 41.1 Å². The number of anilines is 1. The highest BCUT2D eigenvalue weighted by Crippen LogP contribution is 2.35. The van der Waals surface area contributed by atoms with Crippen LogP contribution in [0.4, 0.5) is 5.82 Å². The van der Waals surface area contributed by atoms with E-state index in [0.717, 1.165) is 35.6 Å². The lowest BCUT2D eigenvalue weighted by Crippen LogP contribution is -2.21. The number of rotatable bonds is 11. The second-order valence-electron chi connectivity index (χ2n) is 5.30. The number of amides is 1. The minimum atomic E-state index is 0.0521. The summed E-state index contributed by atoms with van der Waals surface area (Å²) in [6.07, 6.45) is 5.26. The molecule has 0 aliphatic heterocycles. The van der Waals surface area contributed by atoms with Crippen LogP contribution in [0.15, 0.2) is 16.8 Å². The number of carbonyl (C=O) groups excluding carboxylic acids is 1. The Labute approximate surface area is 151 Å². The number of aliphatic hydroxyl groups excluding tert-OH is 1. The van der Waals surface area contributed by atoms with Crippen molar-refractivity contribution in [3.8, 4) is 0 Å². The highest BCUT2D eigenvalue weighted by molar-refractivity contribution is 8.78. The van der Waals surface area contributed by atoms with Crippen LogP contribution in [0, 0.1) is 6.92 Å². The predicted octanol–water partition coefficient (Wildman–Crippen LogP) is 3.12. The van der Waals surface area contributed by atoms with Crippen LogP contribution in [0.1, 0.15) is 44.5 Å². The Bertz CT molecular complexity index is 567. The van der Waals surface area contributed by atoms with Gasteiger partial charge in [0.05, 0.1) is 6.54 Å². The summed E-state index contributed by atoms with van der Waals surface area (Å²) in [5.74, 6) is 2.03. The van der Waals surface area contributed by atoms with Crippen molar-refractivity contribution < 1.29 is 9.90 Å². The Morgan fingerprint density at radius 3 is 2.83 bits per heavy atom. The summed E-state index contributed by atoms with van der Waals surface area (Å²) in [6.45, 7) is 6.18. The molecule has 0 atom stereocenters. The average molecular weight is 371 g/mol. The molecule has 1 aromatic heterocycles. The topological polar surface area (TPSA) is 92.3 Å². The van der Waals surface area contributed by atoms with E-state index < -0.39 is 0 Å². The van der Waals surface area contributed by atoms with Gasteiger partial charge in [-0.3, -0.25) is 4.79 Å². The molecule has 8 heteroatoms. The van der Waals surface area contributed by atoms with Crippen molar-refractivity contribution in [1.82, 2.24) is 14.9 Å². The van der Waals surface area contributed by atoms with Gasteiger partial charge in [-0.15, -0.1) is 0 Å². The second-order valence-corrected chi connectivity index (χ2v) is 7.81. The molecular weight excluding hydrogens is 344 g/mol. The summed E-state index contributed by atoms with van der Waals surface area (Å²) in [6, 6.07) is 0. The Balaban J connectivity index is 2.89. The highest BCUT2D eigenvalue weighted by atomic mass is 33.1. The van der Waals surface area contributed by atoms with E-state index in [1.54, 1.807) is 39.6 Å². The van der Waals surface area contributed by atoms with Crippen LogP contribution in [-0.2, 0) is 11.3 Å². The average Bonchev–Trinajstić information content (AvgIpc) is 2.56. The molecule has 0 aliphatic carbocycles. The van der Waals surface area contributed by atoms with Crippen molar-refractivity contribution in [1.29, 1.82) is 0 Å². The van der Waals surface area contributed by atoms with Crippen LogP contribution in [0.3, 0.4) is 0 Å². The third-order valence-electron chi connectivity index (χ3n) is 3.40. The van der Waals surface area contributed by atoms with Crippen molar-refractivity contribution in [2.24, 2.45) is 0 Å². The number of nitrogen functional groups attached to an aromatic ring is 1. The summed E-state index contributed by atoms with van der Waals surface area (Å²) in [5, 5.41) is 9.30. The number of aliphatic hydroxyl groups is 1. The molecule has 1 amide bonds. The lowest BCUT2D eigenvalue weighted by Gasteiger charge is -2.22. The van der Waals surface area contributed by atoms with Gasteiger partial charge in [-0.2, -0.15) is 0 Å². The van der Waals surface area contributed by atoms with Crippen LogP contribution in [0.5, 0.6) is 0 Å². The molecule has 24 heavy (non-hydrogen) atoms. The molecule has 6 nitrogen and oxygen atoms in total. The SMILES string of the molecule is CCCCSS/C(CCO)=C(/C)N(C=O)Cc1cnc(C)nc1N. The monoisotopic (exact) mass is 370 g/mol. The van der Waals surface area contributed by atoms with Gasteiger partial charge in [-0.05, 0) is 20.3 Å². The van der Waals surface area contributed by atoms with Gasteiger partial charge in [0.1, 0.15) is 11.6 Å². The molecule has 0 bridgehead atoms. The summed E-state index contributed by atoms with van der Waals surface area (Å²) in [5.41, 5.74) is 7.45. The van der Waals surface area contributed by atoms with Gasteiger partial charge in [-0.25, -0.2) is 9.97 Å². The fraction of sp³-hybridized carbons (Fsp3) is 0.562. The van der Waals surface area contributed by atoms with E-state index >= 15 is 0 Å². The van der Waals surface area contributed by atoms with E-state index in [1.165, 1.54) is 0 Å². The summed E-state index contributed by atoms with van der Waals surface area (Å²) < 4.78 is 0. The zero-order valence-electron chi connectivity index (χ0n) is 14.5. The Morgan fingerprint density at radius 2 is 2.25 bits per heavy atom. The van der Waals surface area contributed by atoms with Gasteiger partial charge < -0.3 is 15.7 Å². The molecular formula is C16H26N4O2S2. The first-order valence-electron chi connectivity index (χ1n) is 7.93. The molecule has 134 valence electrons. The van der Waals surface area contributed by atoms with Crippen molar-refractivity contribution in [2.45, 2.75) is 46.6 Å². The van der Waals surface area contributed by atoms with Crippen molar-refractivity contribution >= 4 is 33.8 Å². The van der Waals surface area contributed by atoms with Gasteiger partial charge in [0.15, 0.2) is 0 Å². The first kappa shape index (κ1) is 20.8. The number of aryl methyl sites for hydroxylation is 1. The molecule has 0 spiro atoms. The third kappa shape index (κ3) is 6.70. The molecule has 3 N–H and O–H groups in total. The smallest absolute Gasteiger partial charge is 0.214 e. The van der Waals surface area contributed by atoms with Crippen molar-refractivity contribution in [3.05, 3.63) is 28.2 Å². The molecule has 0 saturated heterocycles. The first-order chi connectivity index (χ1) is 11.5. The predicted molar refractivity (Wildman–Crippen MR) is 102 cm³/mol. The number of unbranched alkanes of at least 4 members (excludes halogenated alkanes) is 1. The minimum Gasteiger partial charge on any atom is -0.396 e. The van der Waals surface area contributed by atoms with Crippen molar-refractivity contribution in [3.63, 3.8) is 0 Å². The Hall–Kier alpha value is -1.25. The zero-order valence-corrected chi connectivity index (χ0v) is 16.1. The van der Waals surface area contributed by atoms with E-state index in [4.69, 9.17) is 5.73 Å². The molecule has 1 heterocycles. The summed E-state index contributed by atoms with van der Waals surface area (Å²) >= 11 is 0. The molecule has 0 unspecified atom stereocenters. The molecule has 1 rings (SSSR count). The summed E-state index contributed by atoms with van der Waals surface area (Å²) in [4.78, 5) is 22.4. The number of aromatic nitrogens is 2. The molecule has 0 fully saturated rings. The van der Waals surface area contributed by atoms with E-state index in [9.17, 15) is 9.90 Å². The van der Waals surface area contributed by atoms with Crippen LogP contribution in [0.25, 0.3) is 0 Å². The first-order valence-corrected chi connectivity index (χ1v) is 10.2. The van der Waals surface area contributed by atoms with Crippen LogP contribution in [-0.4, -0.2) is 38.7 Å². The van der Waals surface area contributed by atoms with Gasteiger partial charge in [0.2, 0.25) is 6.41 Å². The number of hydrogen-bond donors (Lipinski definition) is 2. The van der Waals surface area contributed by atoms with Crippen LogP contribution < -0.4 is 5.73 Å². The largest absolute Gasteiger partial charge is 0.396 e. The Kier molecular flexibility index (Phi) is 9.82. The van der Waals surface area contributed by atoms with E-state index in [2.05, 4.69) is 16.9 Å². The maximum Gasteiger partial charge on any atom is 0.214 e. The number of allylic oxidation sites excluding steroid dienone is 1. The van der Waals surface area contributed by atoms with Gasteiger partial charge in [-0.1, -0.05) is 34.9 Å². The van der Waals surface area contributed by atoms with Crippen LogP contribution in [0.2, 0.25) is 0 Å². The number of hydrogen-bond acceptors (Lipinski definition) is 7. The molecule has 0 aliphatic rings. The molecule has 0 saturated carbocycles. The maximum absolute atomic E-state index is 11.5. The zero-order chi connectivity index (χ0) is 17.9. The lowest BCUT2D eigenvalue weighted by atomic mass is 10.2. The number of nitrogens with two attached hydrogens (primary N) is 1. The Morgan fingerprint density at radius 1 is 1.50 bits per heavy atom. The summed E-state index contributed by atoms with van der Waals surface area (Å²) in [7, 11) is 3.38. The maximum atomic E-state index is 11.5. The molecule has 0 radical (unpaired) electrons. The number of nitrogens with zero attached hydrogens (tertiary/aromatic N) is 3. The fourth-order valence-corrected chi connectivity index (χ4v) is 4.60. The minimum absolute atomic E-state index is 0.0521. The fourth-order valence-electron chi connectivity index (χ4n) is 1.91. The second kappa shape index (κ2) is 11.3. The normalized spacial score (nSPS) is 12.0. The van der Waals surface area contributed by atoms with E-state index in [1.807, 2.05) is 6.92 Å². The molecule has 0 aromatic carbocycles. The third-order valence-corrected chi connectivity index (χ3v) is 6.13. The quantitative estimate of drug-likeness (QED) is 0.351. The number of carbonyl (C=O) groups is 1. The van der Waals surface area contributed by atoms with Gasteiger partial charge in [0.25, 0.3) is 0 Å². The van der Waals surface area contributed by atoms with E-state index in [0.29, 0.717) is 30.2 Å². The van der Waals surface area contributed by atoms with Crippen molar-refractivity contribution in [2.75, 3.05) is 18.1 Å². The van der Waals surface area contributed by atoms with E-state index in [-0.39, 0.29) is 6.61 Å². The standard InChI is InChI=1S/C16H26N4O2S2/c1-4-5-8-23-24-15(6-7-21)12(2)20(11-22)10-14-9-18-13(3)19-16(14)17/h9,11,21H,4-8,10H2,1-3H3,(H2,17,18,19)/b15-12-. The van der Waals surface area contributed by atoms with Gasteiger partial charge >= 0.3 is 0 Å². The van der Waals surface area contributed by atoms with Crippen LogP contribution >= 0.6 is 21.6 Å². The lowest BCUT2D eigenvalue weighted by molar-refractivity contribution is -0.116.